The molecule has 0 rings (SSSR count). The third-order valence-corrected chi connectivity index (χ3v) is 2.44. The molecule has 1 atom stereocenters. The molecule has 0 aromatic rings. The summed E-state index contributed by atoms with van der Waals surface area (Å²) in [4.78, 5) is 9.25. The molecule has 0 spiro atoms. The lowest BCUT2D eigenvalue weighted by molar-refractivity contribution is -0.139. The summed E-state index contributed by atoms with van der Waals surface area (Å²) < 4.78 is 0. The smallest absolute Gasteiger partial charge is 0.334 e. The molecule has 3 nitrogen and oxygen atoms in total. The molecule has 1 unspecified atom stereocenters. The zero-order valence-corrected chi connectivity index (χ0v) is 6.36. The van der Waals surface area contributed by atoms with E-state index in [0.717, 1.165) is 11.8 Å². The van der Waals surface area contributed by atoms with Crippen molar-refractivity contribution in [2.75, 3.05) is 6.26 Å². The van der Waals surface area contributed by atoms with Gasteiger partial charge in [-0.1, -0.05) is 6.92 Å². The highest BCUT2D eigenvalue weighted by molar-refractivity contribution is 8.00. The van der Waals surface area contributed by atoms with Gasteiger partial charge in [-0.2, -0.15) is 0 Å². The molecule has 0 saturated heterocycles. The van der Waals surface area contributed by atoms with Crippen LogP contribution in [0.2, 0.25) is 0 Å². The largest absolute Gasteiger partial charge is 0.479 e. The van der Waals surface area contributed by atoms with Gasteiger partial charge in [0, 0.05) is 0 Å². The Morgan fingerprint density at radius 2 is 2.33 bits per heavy atom. The van der Waals surface area contributed by atoms with E-state index in [1.54, 1.807) is 13.2 Å². The fourth-order valence-corrected chi connectivity index (χ4v) is 0.846. The van der Waals surface area contributed by atoms with Crippen LogP contribution in [0.15, 0.2) is 0 Å². The first-order valence-corrected chi connectivity index (χ1v) is 3.86. The van der Waals surface area contributed by atoms with Crippen molar-refractivity contribution in [2.24, 2.45) is 5.73 Å². The Hall–Kier alpha value is -0.220. The molecule has 0 aromatic carbocycles. The minimum atomic E-state index is -1.08. The summed E-state index contributed by atoms with van der Waals surface area (Å²) in [7, 11) is 0. The van der Waals surface area contributed by atoms with Gasteiger partial charge in [0.1, 0.15) is 0 Å². The normalized spacial score (nSPS) is 16.8. The number of carbonyl (C=O) groups is 1. The van der Waals surface area contributed by atoms with Crippen LogP contribution in [0.1, 0.15) is 13.3 Å². The molecule has 0 amide bonds. The predicted octanol–water partition coefficient (Wildman–Crippen LogP) is 0.499. The summed E-state index contributed by atoms with van der Waals surface area (Å²) in [6.07, 6.45) is 2.14. The van der Waals surface area contributed by atoms with Gasteiger partial charge in [-0.25, -0.2) is 4.79 Å². The molecule has 0 bridgehead atoms. The fraction of sp³-hybridized carbons (Fsp3) is 0.800. The average Bonchev–Trinajstić information content (AvgIpc) is 1.86. The molecule has 0 saturated carbocycles. The van der Waals surface area contributed by atoms with Crippen molar-refractivity contribution in [1.29, 1.82) is 0 Å². The summed E-state index contributed by atoms with van der Waals surface area (Å²) >= 11 is 1.16. The Kier molecular flexibility index (Phi) is 3.00. The number of carboxylic acids is 1. The van der Waals surface area contributed by atoms with Crippen molar-refractivity contribution in [3.8, 4) is 0 Å². The topological polar surface area (TPSA) is 63.3 Å². The van der Waals surface area contributed by atoms with E-state index in [4.69, 9.17) is 10.8 Å². The van der Waals surface area contributed by atoms with Gasteiger partial charge in [-0.3, -0.25) is 0 Å². The molecule has 3 N–H and O–H groups in total. The van der Waals surface area contributed by atoms with Gasteiger partial charge >= 0.3 is 5.97 Å². The first kappa shape index (κ1) is 8.78. The molecular weight excluding hydrogens is 138 g/mol. The summed E-state index contributed by atoms with van der Waals surface area (Å²) in [6, 6.07) is 0. The zero-order chi connectivity index (χ0) is 7.49. The van der Waals surface area contributed by atoms with E-state index in [9.17, 15) is 4.79 Å². The molecule has 54 valence electrons. The molecule has 0 heterocycles. The van der Waals surface area contributed by atoms with Crippen molar-refractivity contribution >= 4 is 17.7 Å². The van der Waals surface area contributed by atoms with Crippen molar-refractivity contribution < 1.29 is 9.90 Å². The van der Waals surface area contributed by atoms with Crippen LogP contribution in [0.25, 0.3) is 0 Å². The first-order chi connectivity index (χ1) is 4.06. The average molecular weight is 149 g/mol. The van der Waals surface area contributed by atoms with Crippen LogP contribution in [0.3, 0.4) is 0 Å². The molecule has 0 aromatic heterocycles. The van der Waals surface area contributed by atoms with E-state index >= 15 is 0 Å². The third kappa shape index (κ3) is 1.87. The van der Waals surface area contributed by atoms with Crippen molar-refractivity contribution in [3.63, 3.8) is 0 Å². The van der Waals surface area contributed by atoms with Gasteiger partial charge in [-0.15, -0.1) is 11.8 Å². The van der Waals surface area contributed by atoms with Crippen LogP contribution in [0.5, 0.6) is 0 Å². The van der Waals surface area contributed by atoms with E-state index in [1.165, 1.54) is 0 Å². The quantitative estimate of drug-likeness (QED) is 0.573. The van der Waals surface area contributed by atoms with Gasteiger partial charge in [0.2, 0.25) is 0 Å². The zero-order valence-electron chi connectivity index (χ0n) is 5.55. The maximum absolute atomic E-state index is 10.3. The van der Waals surface area contributed by atoms with Crippen LogP contribution in [-0.4, -0.2) is 22.2 Å². The number of hydrogen-bond acceptors (Lipinski definition) is 3. The van der Waals surface area contributed by atoms with Crippen molar-refractivity contribution in [1.82, 2.24) is 0 Å². The minimum Gasteiger partial charge on any atom is -0.479 e. The van der Waals surface area contributed by atoms with E-state index < -0.39 is 10.8 Å². The number of carboxylic acid groups (broad SMARTS) is 1. The molecule has 0 aliphatic rings. The maximum atomic E-state index is 10.3. The second-order valence-corrected chi connectivity index (χ2v) is 2.89. The van der Waals surface area contributed by atoms with E-state index in [2.05, 4.69) is 0 Å². The highest BCUT2D eigenvalue weighted by Gasteiger charge is 2.30. The van der Waals surface area contributed by atoms with Crippen molar-refractivity contribution in [3.05, 3.63) is 0 Å². The third-order valence-electron chi connectivity index (χ3n) is 1.25. The standard InChI is InChI=1S/C5H11NO2S/c1-3-5(6,9-2)4(7)8/h3,6H2,1-2H3,(H,7,8). The van der Waals surface area contributed by atoms with Crippen LogP contribution in [0.4, 0.5) is 0 Å². The Bertz CT molecular complexity index is 112. The monoisotopic (exact) mass is 149 g/mol. The van der Waals surface area contributed by atoms with E-state index in [-0.39, 0.29) is 0 Å². The summed E-state index contributed by atoms with van der Waals surface area (Å²) in [5, 5.41) is 8.49. The summed E-state index contributed by atoms with van der Waals surface area (Å²) in [5.41, 5.74) is 5.40. The number of thioether (sulfide) groups is 1. The molecule has 0 radical (unpaired) electrons. The minimum absolute atomic E-state index is 0.448. The Morgan fingerprint density at radius 3 is 2.33 bits per heavy atom. The van der Waals surface area contributed by atoms with Gasteiger partial charge < -0.3 is 10.8 Å². The molecule has 0 aliphatic heterocycles. The second-order valence-electron chi connectivity index (χ2n) is 1.75. The Labute approximate surface area is 58.6 Å². The van der Waals surface area contributed by atoms with Gasteiger partial charge in [-0.05, 0) is 12.7 Å². The van der Waals surface area contributed by atoms with Crippen LogP contribution in [-0.2, 0) is 4.79 Å². The first-order valence-electron chi connectivity index (χ1n) is 2.64. The highest BCUT2D eigenvalue weighted by Crippen LogP contribution is 2.19. The van der Waals surface area contributed by atoms with Crippen LogP contribution in [0, 0.1) is 0 Å². The Morgan fingerprint density at radius 1 is 1.89 bits per heavy atom. The second kappa shape index (κ2) is 3.08. The van der Waals surface area contributed by atoms with Gasteiger partial charge in [0.25, 0.3) is 0 Å². The van der Waals surface area contributed by atoms with Gasteiger partial charge in [0.05, 0.1) is 0 Å². The van der Waals surface area contributed by atoms with Gasteiger partial charge in [0.15, 0.2) is 4.87 Å². The van der Waals surface area contributed by atoms with E-state index in [0.29, 0.717) is 6.42 Å². The fourth-order valence-electron chi connectivity index (χ4n) is 0.383. The van der Waals surface area contributed by atoms with Crippen LogP contribution >= 0.6 is 11.8 Å². The Balaban J connectivity index is 4.09. The lowest BCUT2D eigenvalue weighted by Crippen LogP contribution is -2.43. The number of nitrogens with two attached hydrogens (primary N) is 1. The number of aliphatic carboxylic acids is 1. The highest BCUT2D eigenvalue weighted by atomic mass is 32.2. The lowest BCUT2D eigenvalue weighted by atomic mass is 10.2. The summed E-state index contributed by atoms with van der Waals surface area (Å²) in [5.74, 6) is -0.947. The van der Waals surface area contributed by atoms with Crippen LogP contribution < -0.4 is 5.73 Å². The molecule has 4 heteroatoms. The van der Waals surface area contributed by atoms with E-state index in [1.807, 2.05) is 0 Å². The lowest BCUT2D eigenvalue weighted by Gasteiger charge is -2.18. The molecular formula is C5H11NO2S. The van der Waals surface area contributed by atoms with Crippen molar-refractivity contribution in [2.45, 2.75) is 18.2 Å². The number of hydrogen-bond donors (Lipinski definition) is 2. The molecule has 0 aliphatic carbocycles. The number of rotatable bonds is 3. The predicted molar refractivity (Wildman–Crippen MR) is 38.4 cm³/mol. The summed E-state index contributed by atoms with van der Waals surface area (Å²) in [6.45, 7) is 1.75. The molecule has 0 fully saturated rings. The SMILES string of the molecule is CCC(N)(SC)C(=O)O. The maximum Gasteiger partial charge on any atom is 0.334 e. The molecule has 9 heavy (non-hydrogen) atoms.